The molecule has 2 aromatic rings. The second-order valence-corrected chi connectivity index (χ2v) is 7.64. The number of amides is 1. The number of thiazole rings is 1. The van der Waals surface area contributed by atoms with Crippen molar-refractivity contribution in [2.24, 2.45) is 0 Å². The molecule has 0 spiro atoms. The Balaban J connectivity index is 2.01. The smallest absolute Gasteiger partial charge is 0.350 e. The maximum absolute atomic E-state index is 12.1. The number of hydrogen-bond donors (Lipinski definition) is 1. The van der Waals surface area contributed by atoms with Gasteiger partial charge >= 0.3 is 11.9 Å². The average Bonchev–Trinajstić information content (AvgIpc) is 3.15. The lowest BCUT2D eigenvalue weighted by molar-refractivity contribution is -0.119. The van der Waals surface area contributed by atoms with E-state index in [9.17, 15) is 14.4 Å². The van der Waals surface area contributed by atoms with Crippen LogP contribution in [-0.4, -0.2) is 36.0 Å². The first-order chi connectivity index (χ1) is 12.3. The number of aromatic nitrogens is 1. The van der Waals surface area contributed by atoms with Gasteiger partial charge in [0.05, 0.1) is 22.9 Å². The fraction of sp³-hybridized carbons (Fsp3) is 0.412. The van der Waals surface area contributed by atoms with Crippen LogP contribution < -0.4 is 5.32 Å². The number of nitrogens with one attached hydrogen (secondary N) is 1. The van der Waals surface area contributed by atoms with Crippen LogP contribution in [0, 0.1) is 13.8 Å². The highest BCUT2D eigenvalue weighted by Crippen LogP contribution is 2.29. The van der Waals surface area contributed by atoms with E-state index in [0.717, 1.165) is 16.3 Å². The molecule has 0 saturated carbocycles. The molecule has 9 heteroatoms. The fourth-order valence-corrected chi connectivity index (χ4v) is 3.96. The number of nitrogens with zero attached hydrogens (tertiary/aromatic N) is 1. The van der Waals surface area contributed by atoms with Crippen LogP contribution in [0.15, 0.2) is 6.07 Å². The molecule has 0 saturated heterocycles. The molecular weight excluding hydrogens is 376 g/mol. The lowest BCUT2D eigenvalue weighted by Crippen LogP contribution is -2.21. The zero-order valence-electron chi connectivity index (χ0n) is 15.0. The highest BCUT2D eigenvalue weighted by molar-refractivity contribution is 7.16. The van der Waals surface area contributed by atoms with Gasteiger partial charge in [0, 0.05) is 4.88 Å². The van der Waals surface area contributed by atoms with Crippen LogP contribution in [0.3, 0.4) is 0 Å². The molecule has 0 atom stereocenters. The number of aryl methyl sites for hydroxylation is 3. The van der Waals surface area contributed by atoms with Crippen molar-refractivity contribution in [2.45, 2.75) is 34.1 Å². The van der Waals surface area contributed by atoms with Gasteiger partial charge in [-0.3, -0.25) is 4.79 Å². The maximum Gasteiger partial charge on any atom is 0.350 e. The minimum Gasteiger partial charge on any atom is -0.462 e. The van der Waals surface area contributed by atoms with Crippen LogP contribution in [0.1, 0.15) is 49.5 Å². The SMILES string of the molecule is CCOC(=O)c1cc(CC)sc1NC(=O)COC(=O)c1sc(C)nc1C. The Hall–Kier alpha value is -2.26. The summed E-state index contributed by atoms with van der Waals surface area (Å²) in [7, 11) is 0. The molecule has 0 aliphatic heterocycles. The molecule has 7 nitrogen and oxygen atoms in total. The summed E-state index contributed by atoms with van der Waals surface area (Å²) in [6, 6.07) is 1.70. The van der Waals surface area contributed by atoms with E-state index in [1.165, 1.54) is 22.7 Å². The predicted molar refractivity (Wildman–Crippen MR) is 100 cm³/mol. The summed E-state index contributed by atoms with van der Waals surface area (Å²) in [5.41, 5.74) is 0.885. The molecule has 2 aromatic heterocycles. The molecule has 140 valence electrons. The minimum absolute atomic E-state index is 0.245. The first-order valence-corrected chi connectivity index (χ1v) is 9.69. The topological polar surface area (TPSA) is 94.6 Å². The molecule has 0 aromatic carbocycles. The van der Waals surface area contributed by atoms with Crippen molar-refractivity contribution < 1.29 is 23.9 Å². The highest BCUT2D eigenvalue weighted by atomic mass is 32.1. The minimum atomic E-state index is -0.589. The summed E-state index contributed by atoms with van der Waals surface area (Å²) in [5, 5.41) is 3.77. The van der Waals surface area contributed by atoms with Crippen LogP contribution in [-0.2, 0) is 20.7 Å². The number of carbonyl (C=O) groups excluding carboxylic acids is 3. The van der Waals surface area contributed by atoms with Gasteiger partial charge in [-0.25, -0.2) is 14.6 Å². The average molecular weight is 396 g/mol. The summed E-state index contributed by atoms with van der Waals surface area (Å²) >= 11 is 2.52. The Morgan fingerprint density at radius 3 is 2.42 bits per heavy atom. The molecule has 0 aliphatic carbocycles. The van der Waals surface area contributed by atoms with E-state index < -0.39 is 24.5 Å². The number of rotatable bonds is 7. The molecule has 0 radical (unpaired) electrons. The van der Waals surface area contributed by atoms with Crippen LogP contribution in [0.5, 0.6) is 0 Å². The monoisotopic (exact) mass is 396 g/mol. The molecule has 1 N–H and O–H groups in total. The standard InChI is InChI=1S/C17H20N2O5S2/c1-5-11-7-12(16(21)23-6-2)15(26-11)19-13(20)8-24-17(22)14-9(3)18-10(4)25-14/h7H,5-6,8H2,1-4H3,(H,19,20). The van der Waals surface area contributed by atoms with E-state index in [4.69, 9.17) is 9.47 Å². The van der Waals surface area contributed by atoms with Crippen molar-refractivity contribution in [3.8, 4) is 0 Å². The molecule has 1 amide bonds. The van der Waals surface area contributed by atoms with E-state index in [1.807, 2.05) is 6.92 Å². The molecule has 0 unspecified atom stereocenters. The first kappa shape index (κ1) is 20.1. The number of ether oxygens (including phenoxy) is 2. The lowest BCUT2D eigenvalue weighted by atomic mass is 10.2. The van der Waals surface area contributed by atoms with Crippen LogP contribution in [0.2, 0.25) is 0 Å². The van der Waals surface area contributed by atoms with Crippen LogP contribution in [0.4, 0.5) is 5.00 Å². The van der Waals surface area contributed by atoms with E-state index in [-0.39, 0.29) is 6.61 Å². The van der Waals surface area contributed by atoms with Gasteiger partial charge in [-0.1, -0.05) is 6.92 Å². The molecular formula is C17H20N2O5S2. The second kappa shape index (κ2) is 8.91. The molecule has 26 heavy (non-hydrogen) atoms. The zero-order valence-corrected chi connectivity index (χ0v) is 16.6. The fourth-order valence-electron chi connectivity index (χ4n) is 2.15. The van der Waals surface area contributed by atoms with E-state index >= 15 is 0 Å². The maximum atomic E-state index is 12.1. The van der Waals surface area contributed by atoms with E-state index in [2.05, 4.69) is 10.3 Å². The van der Waals surface area contributed by atoms with Crippen molar-refractivity contribution >= 4 is 45.5 Å². The molecule has 0 bridgehead atoms. The van der Waals surface area contributed by atoms with Gasteiger partial charge in [0.15, 0.2) is 6.61 Å². The van der Waals surface area contributed by atoms with Gasteiger partial charge in [-0.15, -0.1) is 22.7 Å². The number of carbonyl (C=O) groups is 3. The third kappa shape index (κ3) is 4.89. The zero-order chi connectivity index (χ0) is 19.3. The molecule has 0 fully saturated rings. The summed E-state index contributed by atoms with van der Waals surface area (Å²) in [5.74, 6) is -1.60. The Morgan fingerprint density at radius 1 is 1.12 bits per heavy atom. The number of esters is 2. The van der Waals surface area contributed by atoms with Crippen LogP contribution in [0.25, 0.3) is 0 Å². The molecule has 2 heterocycles. The summed E-state index contributed by atoms with van der Waals surface area (Å²) < 4.78 is 10.1. The highest BCUT2D eigenvalue weighted by Gasteiger charge is 2.20. The van der Waals surface area contributed by atoms with Crippen molar-refractivity contribution in [1.29, 1.82) is 0 Å². The van der Waals surface area contributed by atoms with Crippen molar-refractivity contribution in [3.05, 3.63) is 32.1 Å². The Kier molecular flexibility index (Phi) is 6.87. The Labute approximate surface area is 159 Å². The normalized spacial score (nSPS) is 10.5. The van der Waals surface area contributed by atoms with Crippen molar-refractivity contribution in [3.63, 3.8) is 0 Å². The third-order valence-corrected chi connectivity index (χ3v) is 5.55. The quantitative estimate of drug-likeness (QED) is 0.721. The third-order valence-electron chi connectivity index (χ3n) is 3.30. The van der Waals surface area contributed by atoms with E-state index in [0.29, 0.717) is 21.1 Å². The molecule has 0 aliphatic rings. The Morgan fingerprint density at radius 2 is 1.85 bits per heavy atom. The summed E-state index contributed by atoms with van der Waals surface area (Å²) in [6.45, 7) is 6.97. The number of thiophene rings is 1. The van der Waals surface area contributed by atoms with Gasteiger partial charge in [-0.2, -0.15) is 0 Å². The van der Waals surface area contributed by atoms with Crippen LogP contribution >= 0.6 is 22.7 Å². The van der Waals surface area contributed by atoms with Gasteiger partial charge in [-0.05, 0) is 33.3 Å². The Bertz CT molecular complexity index is 825. The van der Waals surface area contributed by atoms with E-state index in [1.54, 1.807) is 26.8 Å². The predicted octanol–water partition coefficient (Wildman–Crippen LogP) is 3.36. The van der Waals surface area contributed by atoms with Gasteiger partial charge in [0.2, 0.25) is 0 Å². The number of anilines is 1. The van der Waals surface area contributed by atoms with Crippen molar-refractivity contribution in [1.82, 2.24) is 4.98 Å². The second-order valence-electron chi connectivity index (χ2n) is 5.30. The lowest BCUT2D eigenvalue weighted by Gasteiger charge is -2.07. The number of hydrogen-bond acceptors (Lipinski definition) is 8. The van der Waals surface area contributed by atoms with Gasteiger partial charge < -0.3 is 14.8 Å². The largest absolute Gasteiger partial charge is 0.462 e. The molecule has 2 rings (SSSR count). The van der Waals surface area contributed by atoms with Gasteiger partial charge in [0.25, 0.3) is 5.91 Å². The van der Waals surface area contributed by atoms with Gasteiger partial charge in [0.1, 0.15) is 9.88 Å². The first-order valence-electron chi connectivity index (χ1n) is 8.06. The van der Waals surface area contributed by atoms with Crippen molar-refractivity contribution in [2.75, 3.05) is 18.5 Å². The summed E-state index contributed by atoms with van der Waals surface area (Å²) in [6.07, 6.45) is 0.728. The summed E-state index contributed by atoms with van der Waals surface area (Å²) in [4.78, 5) is 41.7.